The van der Waals surface area contributed by atoms with Crippen molar-refractivity contribution < 1.29 is 14.3 Å². The van der Waals surface area contributed by atoms with Crippen molar-refractivity contribution in [3.8, 4) is 0 Å². The van der Waals surface area contributed by atoms with Crippen LogP contribution in [0.1, 0.15) is 54.2 Å². The minimum atomic E-state index is -2.29. The third-order valence-corrected chi connectivity index (χ3v) is 19.3. The first-order valence-electron chi connectivity index (χ1n) is 11.3. The van der Waals surface area contributed by atoms with Crippen LogP contribution in [0.15, 0.2) is 17.4 Å². The van der Waals surface area contributed by atoms with Gasteiger partial charge in [0.1, 0.15) is 12.3 Å². The number of ether oxygens (including phenoxy) is 1. The van der Waals surface area contributed by atoms with Gasteiger partial charge in [-0.15, -0.1) is 0 Å². The Balaban J connectivity index is 2.01. The minimum absolute atomic E-state index is 0.0539. The van der Waals surface area contributed by atoms with Crippen molar-refractivity contribution in [2.24, 2.45) is 0 Å². The van der Waals surface area contributed by atoms with Gasteiger partial charge in [0.25, 0.3) is 5.56 Å². The number of H-pyrrole nitrogens is 1. The molecule has 0 bridgehead atoms. The van der Waals surface area contributed by atoms with Crippen LogP contribution in [0.2, 0.25) is 36.3 Å². The maximum Gasteiger partial charge on any atom is 0.278 e. The fourth-order valence-electron chi connectivity index (χ4n) is 3.97. The zero-order valence-electron chi connectivity index (χ0n) is 21.2. The van der Waals surface area contributed by atoms with E-state index >= 15 is 0 Å². The quantitative estimate of drug-likeness (QED) is 0.622. The summed E-state index contributed by atoms with van der Waals surface area (Å²) in [4.78, 5) is 23.2. The molecule has 32 heavy (non-hydrogen) atoms. The van der Waals surface area contributed by atoms with Gasteiger partial charge in [-0.05, 0) is 23.2 Å². The highest BCUT2D eigenvalue weighted by molar-refractivity contribution is 6.83. The van der Waals surface area contributed by atoms with E-state index in [2.05, 4.69) is 82.7 Å². The van der Waals surface area contributed by atoms with Crippen LogP contribution in [0.25, 0.3) is 11.2 Å². The maximum atomic E-state index is 12.3. The van der Waals surface area contributed by atoms with Crippen LogP contribution in [0.4, 0.5) is 0 Å². The largest absolute Gasteiger partial charge is 0.414 e. The Morgan fingerprint density at radius 2 is 1.81 bits per heavy atom. The molecular formula is C22H40N4O4Si2. The smallest absolute Gasteiger partial charge is 0.278 e. The molecular weight excluding hydrogens is 440 g/mol. The topological polar surface area (TPSA) is 102 Å². The molecule has 3 rings (SSSR count). The van der Waals surface area contributed by atoms with E-state index in [0.29, 0.717) is 18.7 Å². The molecule has 2 N–H and O–H groups in total. The fourth-order valence-corrected chi connectivity index (χ4v) is 7.91. The predicted molar refractivity (Wildman–Crippen MR) is 132 cm³/mol. The van der Waals surface area contributed by atoms with E-state index in [1.807, 2.05) is 0 Å². The summed E-state index contributed by atoms with van der Waals surface area (Å²) >= 11 is 0. The van der Waals surface area contributed by atoms with Crippen LogP contribution < -0.4 is 5.56 Å². The molecule has 0 radical (unpaired) electrons. The number of hydrogen-bond acceptors (Lipinski definition) is 6. The van der Waals surface area contributed by atoms with E-state index in [1.165, 1.54) is 6.33 Å². The average Bonchev–Trinajstić information content (AvgIpc) is 3.21. The highest BCUT2D eigenvalue weighted by Gasteiger charge is 2.62. The number of imidazole rings is 1. The normalized spacial score (nSPS) is 25.6. The first-order valence-corrected chi connectivity index (χ1v) is 17.3. The molecule has 0 unspecified atom stereocenters. The Hall–Kier alpha value is -1.34. The lowest BCUT2D eigenvalue weighted by Crippen LogP contribution is -2.65. The Bertz CT molecular complexity index is 1030. The Labute approximate surface area is 192 Å². The van der Waals surface area contributed by atoms with E-state index in [4.69, 9.17) is 9.16 Å². The molecule has 180 valence electrons. The molecule has 0 aromatic carbocycles. The van der Waals surface area contributed by atoms with Crippen molar-refractivity contribution in [3.63, 3.8) is 0 Å². The third-order valence-electron chi connectivity index (χ3n) is 8.37. The molecule has 8 nitrogen and oxygen atoms in total. The summed E-state index contributed by atoms with van der Waals surface area (Å²) in [5.74, 6) is 0. The number of fused-ring (bicyclic) bond motifs is 1. The van der Waals surface area contributed by atoms with Crippen molar-refractivity contribution in [1.82, 2.24) is 19.5 Å². The fraction of sp³-hybridized carbons (Fsp3) is 0.773. The van der Waals surface area contributed by atoms with E-state index in [-0.39, 0.29) is 21.2 Å². The summed E-state index contributed by atoms with van der Waals surface area (Å²) in [5, 5.41) is 11.2. The average molecular weight is 481 g/mol. The molecule has 10 heteroatoms. The van der Waals surface area contributed by atoms with E-state index in [1.54, 1.807) is 10.9 Å². The highest BCUT2D eigenvalue weighted by Crippen LogP contribution is 2.52. The lowest BCUT2D eigenvalue weighted by atomic mass is 10.1. The van der Waals surface area contributed by atoms with E-state index in [0.717, 1.165) is 0 Å². The van der Waals surface area contributed by atoms with E-state index < -0.39 is 33.9 Å². The maximum absolute atomic E-state index is 12.3. The number of aromatic amines is 1. The Kier molecular flexibility index (Phi) is 6.22. The summed E-state index contributed by atoms with van der Waals surface area (Å²) in [6, 6.07) is 0. The molecule has 1 fully saturated rings. The molecule has 3 atom stereocenters. The van der Waals surface area contributed by atoms with Crippen molar-refractivity contribution >= 4 is 27.6 Å². The van der Waals surface area contributed by atoms with Crippen molar-refractivity contribution in [3.05, 3.63) is 23.0 Å². The van der Waals surface area contributed by atoms with Gasteiger partial charge in [-0.2, -0.15) is 0 Å². The van der Waals surface area contributed by atoms with Crippen LogP contribution in [-0.4, -0.2) is 59.0 Å². The minimum Gasteiger partial charge on any atom is -0.414 e. The van der Waals surface area contributed by atoms with Gasteiger partial charge in [0, 0.05) is 6.42 Å². The van der Waals surface area contributed by atoms with Crippen LogP contribution >= 0.6 is 0 Å². The van der Waals surface area contributed by atoms with Gasteiger partial charge < -0.3 is 19.3 Å². The van der Waals surface area contributed by atoms with Crippen LogP contribution in [0, 0.1) is 0 Å². The number of rotatable bonds is 5. The number of nitrogens with zero attached hydrogens (tertiary/aromatic N) is 3. The summed E-state index contributed by atoms with van der Waals surface area (Å²) < 4.78 is 14.8. The van der Waals surface area contributed by atoms with Crippen molar-refractivity contribution in [2.45, 2.75) is 102 Å². The lowest BCUT2D eigenvalue weighted by Gasteiger charge is -2.49. The number of nitrogens with one attached hydrogen (secondary N) is 1. The van der Waals surface area contributed by atoms with Crippen LogP contribution in [-0.2, 0) is 9.16 Å². The molecule has 3 heterocycles. The monoisotopic (exact) mass is 480 g/mol. The SMILES string of the molecule is CC(C)(C)[Si](C)(C)OC[C@H]1O[C@@H](n2cnc3c(=O)[nH]cnc32)C[C@@]1(O)[Si](C)(C)C(C)(C)C. The summed E-state index contributed by atoms with van der Waals surface area (Å²) in [6.07, 6.45) is 2.43. The highest BCUT2D eigenvalue weighted by atomic mass is 28.4. The molecule has 2 aromatic heterocycles. The second-order valence-corrected chi connectivity index (χ2v) is 22.6. The first kappa shape index (κ1) is 25.3. The van der Waals surface area contributed by atoms with Crippen molar-refractivity contribution in [2.75, 3.05) is 6.61 Å². The molecule has 1 aliphatic heterocycles. The van der Waals surface area contributed by atoms with Gasteiger partial charge in [-0.25, -0.2) is 9.97 Å². The lowest BCUT2D eigenvalue weighted by molar-refractivity contribution is -0.0549. The van der Waals surface area contributed by atoms with Gasteiger partial charge in [0.2, 0.25) is 0 Å². The van der Waals surface area contributed by atoms with E-state index in [9.17, 15) is 9.90 Å². The Morgan fingerprint density at radius 1 is 1.19 bits per heavy atom. The van der Waals surface area contributed by atoms with Crippen LogP contribution in [0.3, 0.4) is 0 Å². The summed E-state index contributed by atoms with van der Waals surface area (Å²) in [7, 11) is -4.32. The molecule has 1 aliphatic rings. The molecule has 1 saturated heterocycles. The second-order valence-electron chi connectivity index (χ2n) is 12.2. The predicted octanol–water partition coefficient (Wildman–Crippen LogP) is 4.21. The first-order chi connectivity index (χ1) is 14.4. The summed E-state index contributed by atoms with van der Waals surface area (Å²) in [6.45, 7) is 22.4. The van der Waals surface area contributed by atoms with Gasteiger partial charge in [0.15, 0.2) is 19.5 Å². The third kappa shape index (κ3) is 4.04. The number of hydrogen-bond donors (Lipinski definition) is 2. The number of aromatic nitrogens is 4. The second kappa shape index (κ2) is 7.87. The standard InChI is InChI=1S/C22H40N4O4Si2/c1-20(2,3)31(7,8)22(28)11-16(26-14-25-17-18(26)23-13-24-19(17)27)30-15(22)12-29-32(9,10)21(4,5)6/h13-16,28H,11-12H2,1-10H3,(H,23,24,27)/t15-,16-,22-/m1/s1. The zero-order valence-corrected chi connectivity index (χ0v) is 23.2. The number of aliphatic hydroxyl groups is 1. The molecule has 0 amide bonds. The van der Waals surface area contributed by atoms with Gasteiger partial charge in [-0.3, -0.25) is 9.36 Å². The molecule has 0 aliphatic carbocycles. The Morgan fingerprint density at radius 3 is 2.38 bits per heavy atom. The molecule has 0 saturated carbocycles. The molecule has 2 aromatic rings. The van der Waals surface area contributed by atoms with Gasteiger partial charge in [0.05, 0.1) is 32.6 Å². The van der Waals surface area contributed by atoms with Crippen LogP contribution in [0.5, 0.6) is 0 Å². The van der Waals surface area contributed by atoms with Crippen molar-refractivity contribution in [1.29, 1.82) is 0 Å². The summed E-state index contributed by atoms with van der Waals surface area (Å²) in [5.41, 5.74) is 0.444. The van der Waals surface area contributed by atoms with Gasteiger partial charge >= 0.3 is 0 Å². The molecule has 0 spiro atoms. The van der Waals surface area contributed by atoms with Gasteiger partial charge in [-0.1, -0.05) is 54.6 Å². The zero-order chi connectivity index (χ0) is 24.3.